The molecule has 2 heterocycles. The van der Waals surface area contributed by atoms with Gasteiger partial charge in [0, 0.05) is 24.4 Å². The topological polar surface area (TPSA) is 51.0 Å². The summed E-state index contributed by atoms with van der Waals surface area (Å²) < 4.78 is 5.15. The lowest BCUT2D eigenvalue weighted by molar-refractivity contribution is 0.530. The summed E-state index contributed by atoms with van der Waals surface area (Å²) in [5.41, 5.74) is 1.03. The highest BCUT2D eigenvalue weighted by atomic mass is 35.5. The van der Waals surface area contributed by atoms with E-state index in [0.29, 0.717) is 18.5 Å². The molecule has 0 amide bonds. The molecule has 2 rings (SSSR count). The molecular weight excluding hydrogens is 222 g/mol. The van der Waals surface area contributed by atoms with Crippen molar-refractivity contribution >= 4 is 29.0 Å². The maximum absolute atomic E-state index is 5.92. The molecule has 0 aliphatic rings. The number of halogens is 1. The molecule has 0 aliphatic heterocycles. The van der Waals surface area contributed by atoms with Crippen molar-refractivity contribution in [3.8, 4) is 0 Å². The predicted octanol–water partition coefficient (Wildman–Crippen LogP) is 2.71. The molecule has 0 aliphatic carbocycles. The Bertz CT molecular complexity index is 426. The molecule has 0 fully saturated rings. The van der Waals surface area contributed by atoms with E-state index in [-0.39, 0.29) is 0 Å². The molecule has 0 radical (unpaired) electrons. The normalized spacial score (nSPS) is 10.4. The number of aryl methyl sites for hydroxylation is 1. The number of rotatable bonds is 3. The SMILES string of the molecule is Cc1nnc(NCc2cscc2Cl)o1. The first-order chi connectivity index (χ1) is 6.75. The molecule has 14 heavy (non-hydrogen) atoms. The van der Waals surface area contributed by atoms with Crippen LogP contribution in [0.25, 0.3) is 0 Å². The number of thiophene rings is 1. The second-order valence-corrected chi connectivity index (χ2v) is 3.88. The Hall–Kier alpha value is -1.07. The van der Waals surface area contributed by atoms with Crippen LogP contribution in [0.2, 0.25) is 5.02 Å². The predicted molar refractivity (Wildman–Crippen MR) is 55.7 cm³/mol. The van der Waals surface area contributed by atoms with Crippen LogP contribution in [0.3, 0.4) is 0 Å². The molecular formula is C8H8ClN3OS. The zero-order valence-electron chi connectivity index (χ0n) is 7.45. The fourth-order valence-electron chi connectivity index (χ4n) is 0.973. The third kappa shape index (κ3) is 2.05. The van der Waals surface area contributed by atoms with Crippen LogP contribution in [0, 0.1) is 6.92 Å². The fourth-order valence-corrected chi connectivity index (χ4v) is 2.03. The zero-order chi connectivity index (χ0) is 9.97. The van der Waals surface area contributed by atoms with E-state index in [1.54, 1.807) is 18.3 Å². The van der Waals surface area contributed by atoms with Crippen LogP contribution < -0.4 is 5.32 Å². The maximum atomic E-state index is 5.92. The first-order valence-corrected chi connectivity index (χ1v) is 5.32. The molecule has 0 saturated carbocycles. The monoisotopic (exact) mass is 229 g/mol. The van der Waals surface area contributed by atoms with Gasteiger partial charge in [-0.1, -0.05) is 16.7 Å². The molecule has 2 aromatic heterocycles. The van der Waals surface area contributed by atoms with Gasteiger partial charge >= 0.3 is 6.01 Å². The van der Waals surface area contributed by atoms with E-state index in [9.17, 15) is 0 Å². The summed E-state index contributed by atoms with van der Waals surface area (Å²) in [4.78, 5) is 0. The maximum Gasteiger partial charge on any atom is 0.315 e. The number of anilines is 1. The minimum absolute atomic E-state index is 0.421. The largest absolute Gasteiger partial charge is 0.408 e. The van der Waals surface area contributed by atoms with E-state index in [4.69, 9.17) is 16.0 Å². The molecule has 2 aromatic rings. The Kier molecular flexibility index (Phi) is 2.69. The van der Waals surface area contributed by atoms with Crippen molar-refractivity contribution in [3.05, 3.63) is 27.2 Å². The summed E-state index contributed by atoms with van der Waals surface area (Å²) in [7, 11) is 0. The Labute approximate surface area is 89.9 Å². The molecule has 0 spiro atoms. The minimum atomic E-state index is 0.421. The van der Waals surface area contributed by atoms with Gasteiger partial charge in [-0.3, -0.25) is 0 Å². The van der Waals surface area contributed by atoms with Gasteiger partial charge in [0.2, 0.25) is 5.89 Å². The molecule has 4 nitrogen and oxygen atoms in total. The summed E-state index contributed by atoms with van der Waals surface area (Å²) in [6.45, 7) is 2.35. The highest BCUT2D eigenvalue weighted by molar-refractivity contribution is 7.08. The Balaban J connectivity index is 1.98. The van der Waals surface area contributed by atoms with Crippen molar-refractivity contribution in [2.24, 2.45) is 0 Å². The standard InChI is InChI=1S/C8H8ClN3OS/c1-5-11-12-8(13-5)10-2-6-3-14-4-7(6)9/h3-4H,2H2,1H3,(H,10,12). The van der Waals surface area contributed by atoms with Gasteiger partial charge in [-0.25, -0.2) is 0 Å². The van der Waals surface area contributed by atoms with Crippen LogP contribution in [0.1, 0.15) is 11.5 Å². The highest BCUT2D eigenvalue weighted by Crippen LogP contribution is 2.21. The lowest BCUT2D eigenvalue weighted by atomic mass is 10.3. The third-order valence-corrected chi connectivity index (χ3v) is 2.92. The van der Waals surface area contributed by atoms with Gasteiger partial charge in [0.05, 0.1) is 5.02 Å². The molecule has 0 atom stereocenters. The second kappa shape index (κ2) is 3.98. The van der Waals surface area contributed by atoms with Crippen molar-refractivity contribution in [2.75, 3.05) is 5.32 Å². The van der Waals surface area contributed by atoms with E-state index in [1.165, 1.54) is 0 Å². The molecule has 1 N–H and O–H groups in total. The Morgan fingerprint density at radius 3 is 2.93 bits per heavy atom. The molecule has 0 unspecified atom stereocenters. The zero-order valence-corrected chi connectivity index (χ0v) is 9.02. The summed E-state index contributed by atoms with van der Waals surface area (Å²) in [6, 6.07) is 0.421. The van der Waals surface area contributed by atoms with Crippen molar-refractivity contribution < 1.29 is 4.42 Å². The lowest BCUT2D eigenvalue weighted by Gasteiger charge is -1.98. The van der Waals surface area contributed by atoms with Crippen LogP contribution in [-0.2, 0) is 6.54 Å². The van der Waals surface area contributed by atoms with Crippen molar-refractivity contribution in [3.63, 3.8) is 0 Å². The van der Waals surface area contributed by atoms with Gasteiger partial charge in [-0.05, 0) is 5.38 Å². The van der Waals surface area contributed by atoms with Crippen molar-refractivity contribution in [1.29, 1.82) is 0 Å². The number of hydrogen-bond donors (Lipinski definition) is 1. The fraction of sp³-hybridized carbons (Fsp3) is 0.250. The van der Waals surface area contributed by atoms with E-state index in [2.05, 4.69) is 15.5 Å². The Morgan fingerprint density at radius 1 is 1.50 bits per heavy atom. The Morgan fingerprint density at radius 2 is 2.36 bits per heavy atom. The van der Waals surface area contributed by atoms with E-state index in [1.807, 2.05) is 10.8 Å². The first kappa shape index (κ1) is 9.48. The van der Waals surface area contributed by atoms with Crippen LogP contribution in [0.5, 0.6) is 0 Å². The van der Waals surface area contributed by atoms with Crippen molar-refractivity contribution in [2.45, 2.75) is 13.5 Å². The molecule has 0 aromatic carbocycles. The summed E-state index contributed by atoms with van der Waals surface area (Å²) >= 11 is 7.48. The quantitative estimate of drug-likeness (QED) is 0.879. The van der Waals surface area contributed by atoms with Gasteiger partial charge in [0.1, 0.15) is 0 Å². The molecule has 0 saturated heterocycles. The van der Waals surface area contributed by atoms with Crippen LogP contribution >= 0.6 is 22.9 Å². The van der Waals surface area contributed by atoms with E-state index in [0.717, 1.165) is 10.6 Å². The van der Waals surface area contributed by atoms with E-state index < -0.39 is 0 Å². The van der Waals surface area contributed by atoms with Gasteiger partial charge in [0.15, 0.2) is 0 Å². The second-order valence-electron chi connectivity index (χ2n) is 2.72. The van der Waals surface area contributed by atoms with Crippen LogP contribution in [-0.4, -0.2) is 10.2 Å². The number of nitrogens with zero attached hydrogens (tertiary/aromatic N) is 2. The van der Waals surface area contributed by atoms with E-state index >= 15 is 0 Å². The van der Waals surface area contributed by atoms with Gasteiger partial charge in [-0.15, -0.1) is 5.10 Å². The molecule has 0 bridgehead atoms. The smallest absolute Gasteiger partial charge is 0.315 e. The minimum Gasteiger partial charge on any atom is -0.408 e. The van der Waals surface area contributed by atoms with Crippen LogP contribution in [0.15, 0.2) is 15.2 Å². The summed E-state index contributed by atoms with van der Waals surface area (Å²) in [5.74, 6) is 0.545. The molecule has 6 heteroatoms. The van der Waals surface area contributed by atoms with Gasteiger partial charge in [0.25, 0.3) is 0 Å². The number of nitrogens with one attached hydrogen (secondary N) is 1. The van der Waals surface area contributed by atoms with Gasteiger partial charge < -0.3 is 9.73 Å². The van der Waals surface area contributed by atoms with Crippen molar-refractivity contribution in [1.82, 2.24) is 10.2 Å². The summed E-state index contributed by atoms with van der Waals surface area (Å²) in [6.07, 6.45) is 0. The highest BCUT2D eigenvalue weighted by Gasteiger charge is 2.04. The van der Waals surface area contributed by atoms with Gasteiger partial charge in [-0.2, -0.15) is 11.3 Å². The lowest BCUT2D eigenvalue weighted by Crippen LogP contribution is -1.98. The van der Waals surface area contributed by atoms with Crippen LogP contribution in [0.4, 0.5) is 6.01 Å². The average molecular weight is 230 g/mol. The number of hydrogen-bond acceptors (Lipinski definition) is 5. The average Bonchev–Trinajstić information content (AvgIpc) is 2.72. The third-order valence-electron chi connectivity index (χ3n) is 1.64. The summed E-state index contributed by atoms with van der Waals surface area (Å²) in [5, 5.41) is 15.1. The number of aromatic nitrogens is 2. The first-order valence-electron chi connectivity index (χ1n) is 4.00. The molecule has 74 valence electrons.